The standard InChI is InChI=1S/C21H20N2O2/c1-25-18-11-9-16(10-12-18)20-19-8-5-13-22(19)14-15-23(20)21(24)17-6-3-2-4-7-17/h2-13,20H,14-15H2,1H3. The highest BCUT2D eigenvalue weighted by Gasteiger charge is 2.32. The van der Waals surface area contributed by atoms with Crippen molar-refractivity contribution in [3.05, 3.63) is 89.7 Å². The van der Waals surface area contributed by atoms with Gasteiger partial charge in [0.05, 0.1) is 13.2 Å². The molecule has 0 radical (unpaired) electrons. The molecular weight excluding hydrogens is 312 g/mol. The van der Waals surface area contributed by atoms with Gasteiger partial charge in [-0.1, -0.05) is 30.3 Å². The van der Waals surface area contributed by atoms with Crippen LogP contribution in [0.3, 0.4) is 0 Å². The summed E-state index contributed by atoms with van der Waals surface area (Å²) in [6, 6.07) is 21.5. The van der Waals surface area contributed by atoms with Crippen LogP contribution in [-0.4, -0.2) is 29.0 Å². The lowest BCUT2D eigenvalue weighted by Gasteiger charge is -2.37. The molecule has 0 saturated heterocycles. The van der Waals surface area contributed by atoms with Crippen LogP contribution >= 0.6 is 0 Å². The summed E-state index contributed by atoms with van der Waals surface area (Å²) in [7, 11) is 1.66. The Morgan fingerprint density at radius 3 is 2.44 bits per heavy atom. The van der Waals surface area contributed by atoms with Gasteiger partial charge < -0.3 is 14.2 Å². The maximum atomic E-state index is 13.1. The van der Waals surface area contributed by atoms with Crippen molar-refractivity contribution in [2.24, 2.45) is 0 Å². The molecule has 1 aliphatic heterocycles. The molecule has 1 amide bonds. The Labute approximate surface area is 147 Å². The molecule has 3 aromatic rings. The maximum absolute atomic E-state index is 13.1. The minimum absolute atomic E-state index is 0.0638. The number of ether oxygens (including phenoxy) is 1. The predicted octanol–water partition coefficient (Wildman–Crippen LogP) is 3.74. The van der Waals surface area contributed by atoms with Crippen molar-refractivity contribution in [2.75, 3.05) is 13.7 Å². The van der Waals surface area contributed by atoms with Gasteiger partial charge >= 0.3 is 0 Å². The minimum atomic E-state index is -0.0950. The first kappa shape index (κ1) is 15.5. The van der Waals surface area contributed by atoms with Crippen LogP contribution in [0, 0.1) is 0 Å². The molecule has 0 bridgehead atoms. The lowest BCUT2D eigenvalue weighted by Crippen LogP contribution is -2.42. The van der Waals surface area contributed by atoms with E-state index in [9.17, 15) is 4.79 Å². The molecule has 25 heavy (non-hydrogen) atoms. The van der Waals surface area contributed by atoms with Crippen molar-refractivity contribution in [1.82, 2.24) is 9.47 Å². The number of hydrogen-bond donors (Lipinski definition) is 0. The van der Waals surface area contributed by atoms with Crippen molar-refractivity contribution in [3.63, 3.8) is 0 Å². The van der Waals surface area contributed by atoms with Gasteiger partial charge in [-0.25, -0.2) is 0 Å². The third-order valence-corrected chi connectivity index (χ3v) is 4.75. The molecule has 2 aromatic carbocycles. The van der Waals surface area contributed by atoms with E-state index in [1.807, 2.05) is 65.6 Å². The van der Waals surface area contributed by atoms with Crippen LogP contribution in [0.5, 0.6) is 5.75 Å². The Hall–Kier alpha value is -3.01. The molecule has 1 unspecified atom stereocenters. The average molecular weight is 332 g/mol. The molecule has 4 heteroatoms. The Kier molecular flexibility index (Phi) is 4.02. The van der Waals surface area contributed by atoms with Crippen LogP contribution < -0.4 is 4.74 Å². The summed E-state index contributed by atoms with van der Waals surface area (Å²) in [5.74, 6) is 0.879. The molecule has 1 aliphatic rings. The lowest BCUT2D eigenvalue weighted by atomic mass is 9.98. The molecule has 0 N–H and O–H groups in total. The third-order valence-electron chi connectivity index (χ3n) is 4.75. The van der Waals surface area contributed by atoms with E-state index in [1.54, 1.807) is 7.11 Å². The van der Waals surface area contributed by atoms with Crippen LogP contribution in [0.1, 0.15) is 27.7 Å². The fraction of sp³-hybridized carbons (Fsp3) is 0.190. The fourth-order valence-corrected chi connectivity index (χ4v) is 3.49. The Balaban J connectivity index is 1.76. The number of carbonyl (C=O) groups excluding carboxylic acids is 1. The first-order chi connectivity index (χ1) is 12.3. The molecular formula is C21H20N2O2. The second-order valence-corrected chi connectivity index (χ2v) is 6.17. The van der Waals surface area contributed by atoms with E-state index in [2.05, 4.69) is 16.8 Å². The van der Waals surface area contributed by atoms with Crippen molar-refractivity contribution in [1.29, 1.82) is 0 Å². The maximum Gasteiger partial charge on any atom is 0.254 e. The van der Waals surface area contributed by atoms with Crippen molar-refractivity contribution >= 4 is 5.91 Å². The zero-order valence-electron chi connectivity index (χ0n) is 14.1. The number of hydrogen-bond acceptors (Lipinski definition) is 2. The summed E-state index contributed by atoms with van der Waals surface area (Å²) in [5, 5.41) is 0. The zero-order chi connectivity index (χ0) is 17.2. The number of carbonyl (C=O) groups is 1. The molecule has 1 atom stereocenters. The molecule has 0 saturated carbocycles. The second-order valence-electron chi connectivity index (χ2n) is 6.17. The quantitative estimate of drug-likeness (QED) is 0.732. The Bertz CT molecular complexity index is 868. The number of methoxy groups -OCH3 is 1. The first-order valence-corrected chi connectivity index (χ1v) is 8.43. The molecule has 1 aromatic heterocycles. The van der Waals surface area contributed by atoms with Gasteiger partial charge in [0, 0.05) is 30.5 Å². The van der Waals surface area contributed by atoms with E-state index in [0.29, 0.717) is 6.54 Å². The fourth-order valence-electron chi connectivity index (χ4n) is 3.49. The summed E-state index contributed by atoms with van der Waals surface area (Å²) in [5.41, 5.74) is 2.95. The van der Waals surface area contributed by atoms with Gasteiger partial charge in [0.2, 0.25) is 0 Å². The van der Waals surface area contributed by atoms with Gasteiger partial charge in [0.15, 0.2) is 0 Å². The summed E-state index contributed by atoms with van der Waals surface area (Å²) in [6.45, 7) is 1.50. The summed E-state index contributed by atoms with van der Waals surface area (Å²) in [4.78, 5) is 15.1. The number of fused-ring (bicyclic) bond motifs is 1. The highest BCUT2D eigenvalue weighted by atomic mass is 16.5. The number of rotatable bonds is 3. The van der Waals surface area contributed by atoms with E-state index in [1.165, 1.54) is 0 Å². The highest BCUT2D eigenvalue weighted by Crippen LogP contribution is 2.34. The molecule has 4 rings (SSSR count). The van der Waals surface area contributed by atoms with E-state index in [4.69, 9.17) is 4.74 Å². The number of aromatic nitrogens is 1. The number of nitrogens with zero attached hydrogens (tertiary/aromatic N) is 2. The van der Waals surface area contributed by atoms with Gasteiger partial charge in [-0.3, -0.25) is 4.79 Å². The SMILES string of the molecule is COc1ccc(C2c3cccn3CCN2C(=O)c2ccccc2)cc1. The van der Waals surface area contributed by atoms with Crippen molar-refractivity contribution < 1.29 is 9.53 Å². The third kappa shape index (κ3) is 2.80. The minimum Gasteiger partial charge on any atom is -0.497 e. The number of benzene rings is 2. The van der Waals surface area contributed by atoms with Gasteiger partial charge in [0.25, 0.3) is 5.91 Å². The predicted molar refractivity (Wildman–Crippen MR) is 96.7 cm³/mol. The molecule has 2 heterocycles. The monoisotopic (exact) mass is 332 g/mol. The van der Waals surface area contributed by atoms with Gasteiger partial charge in [-0.15, -0.1) is 0 Å². The van der Waals surface area contributed by atoms with Crippen LogP contribution in [0.25, 0.3) is 0 Å². The smallest absolute Gasteiger partial charge is 0.254 e. The average Bonchev–Trinajstić information content (AvgIpc) is 3.16. The summed E-state index contributed by atoms with van der Waals surface area (Å²) >= 11 is 0. The topological polar surface area (TPSA) is 34.5 Å². The lowest BCUT2D eigenvalue weighted by molar-refractivity contribution is 0.0664. The largest absolute Gasteiger partial charge is 0.497 e. The first-order valence-electron chi connectivity index (χ1n) is 8.43. The molecule has 4 nitrogen and oxygen atoms in total. The summed E-state index contributed by atoms with van der Waals surface area (Å²) in [6.07, 6.45) is 2.08. The van der Waals surface area contributed by atoms with Crippen LogP contribution in [-0.2, 0) is 6.54 Å². The molecule has 0 fully saturated rings. The van der Waals surface area contributed by atoms with Crippen molar-refractivity contribution in [3.8, 4) is 5.75 Å². The van der Waals surface area contributed by atoms with Crippen LogP contribution in [0.4, 0.5) is 0 Å². The second kappa shape index (κ2) is 6.48. The van der Waals surface area contributed by atoms with E-state index >= 15 is 0 Å². The molecule has 0 aliphatic carbocycles. The zero-order valence-corrected chi connectivity index (χ0v) is 14.1. The van der Waals surface area contributed by atoms with Gasteiger partial charge in [0.1, 0.15) is 5.75 Å². The van der Waals surface area contributed by atoms with E-state index in [0.717, 1.165) is 29.1 Å². The van der Waals surface area contributed by atoms with Gasteiger partial charge in [-0.2, -0.15) is 0 Å². The van der Waals surface area contributed by atoms with Crippen LogP contribution in [0.2, 0.25) is 0 Å². The number of amides is 1. The van der Waals surface area contributed by atoms with Gasteiger partial charge in [-0.05, 0) is 42.0 Å². The Morgan fingerprint density at radius 1 is 0.960 bits per heavy atom. The van der Waals surface area contributed by atoms with Crippen molar-refractivity contribution in [2.45, 2.75) is 12.6 Å². The molecule has 0 spiro atoms. The van der Waals surface area contributed by atoms with Crippen LogP contribution in [0.15, 0.2) is 72.9 Å². The Morgan fingerprint density at radius 2 is 1.72 bits per heavy atom. The van der Waals surface area contributed by atoms with E-state index in [-0.39, 0.29) is 11.9 Å². The normalized spacial score (nSPS) is 16.4. The highest BCUT2D eigenvalue weighted by molar-refractivity contribution is 5.94. The van der Waals surface area contributed by atoms with E-state index < -0.39 is 0 Å². The molecule has 126 valence electrons. The summed E-state index contributed by atoms with van der Waals surface area (Å²) < 4.78 is 7.49.